The van der Waals surface area contributed by atoms with Crippen LogP contribution < -0.4 is 5.73 Å². The van der Waals surface area contributed by atoms with Gasteiger partial charge in [-0.15, -0.1) is 0 Å². The van der Waals surface area contributed by atoms with Gasteiger partial charge in [0.05, 0.1) is 12.3 Å². The van der Waals surface area contributed by atoms with Crippen molar-refractivity contribution in [1.29, 1.82) is 0 Å². The second kappa shape index (κ2) is 3.40. The molecule has 0 aromatic carbocycles. The third kappa shape index (κ3) is 2.23. The quantitative estimate of drug-likeness (QED) is 0.720. The Labute approximate surface area is 76.4 Å². The van der Waals surface area contributed by atoms with Gasteiger partial charge in [0.2, 0.25) is 0 Å². The molecule has 1 aromatic rings. The van der Waals surface area contributed by atoms with E-state index in [4.69, 9.17) is 5.73 Å². The molecular weight excluding hydrogens is 171 g/mol. The van der Waals surface area contributed by atoms with Crippen LogP contribution in [0.1, 0.15) is 25.5 Å². The molecule has 0 aliphatic carbocycles. The van der Waals surface area contributed by atoms with E-state index >= 15 is 0 Å². The normalized spacial score (nSPS) is 14.2. The van der Waals surface area contributed by atoms with Crippen LogP contribution in [0.5, 0.6) is 0 Å². The minimum atomic E-state index is -1.02. The molecule has 0 amide bonds. The summed E-state index contributed by atoms with van der Waals surface area (Å²) in [5, 5.41) is 9.65. The fraction of sp³-hybridized carbons (Fsp3) is 0.444. The van der Waals surface area contributed by atoms with Crippen LogP contribution in [0.25, 0.3) is 0 Å². The van der Waals surface area contributed by atoms with Crippen LogP contribution in [-0.4, -0.2) is 15.6 Å². The van der Waals surface area contributed by atoms with Crippen molar-refractivity contribution in [3.63, 3.8) is 0 Å². The van der Waals surface area contributed by atoms with Gasteiger partial charge in [-0.2, -0.15) is 0 Å². The van der Waals surface area contributed by atoms with E-state index in [2.05, 4.69) is 4.98 Å². The molecule has 0 spiro atoms. The molecule has 72 valence electrons. The minimum Gasteiger partial charge on any atom is -0.386 e. The third-order valence-corrected chi connectivity index (χ3v) is 1.80. The molecule has 0 aliphatic rings. The molecule has 0 aliphatic heterocycles. The number of hydrogen-bond donors (Lipinski definition) is 2. The molecule has 3 N–H and O–H groups in total. The molecule has 0 saturated carbocycles. The van der Waals surface area contributed by atoms with Gasteiger partial charge in [0, 0.05) is 17.3 Å². The van der Waals surface area contributed by atoms with E-state index in [9.17, 15) is 9.50 Å². The predicted octanol–water partition coefficient (Wildman–Crippen LogP) is 0.991. The van der Waals surface area contributed by atoms with Gasteiger partial charge in [0.15, 0.2) is 0 Å². The summed E-state index contributed by atoms with van der Waals surface area (Å²) in [6, 6.07) is 1.43. The molecule has 0 bridgehead atoms. The highest BCUT2D eigenvalue weighted by Crippen LogP contribution is 2.24. The molecule has 1 aromatic heterocycles. The van der Waals surface area contributed by atoms with Gasteiger partial charge in [-0.05, 0) is 19.9 Å². The summed E-state index contributed by atoms with van der Waals surface area (Å²) in [6.45, 7) is 3.27. The van der Waals surface area contributed by atoms with E-state index in [0.29, 0.717) is 0 Å². The molecule has 0 saturated heterocycles. The maximum Gasteiger partial charge on any atom is 0.147 e. The first kappa shape index (κ1) is 10.1. The largest absolute Gasteiger partial charge is 0.386 e. The van der Waals surface area contributed by atoms with Gasteiger partial charge in [0.1, 0.15) is 5.82 Å². The second-order valence-corrected chi connectivity index (χ2v) is 3.62. The molecule has 0 fully saturated rings. The number of halogens is 1. The van der Waals surface area contributed by atoms with Gasteiger partial charge in [-0.3, -0.25) is 4.98 Å². The number of pyridine rings is 1. The zero-order valence-corrected chi connectivity index (χ0v) is 7.66. The molecule has 4 heteroatoms. The molecule has 1 heterocycles. The number of rotatable bonds is 2. The highest BCUT2D eigenvalue weighted by atomic mass is 19.1. The number of hydrogen-bond acceptors (Lipinski definition) is 3. The van der Waals surface area contributed by atoms with Crippen LogP contribution in [0, 0.1) is 5.82 Å². The van der Waals surface area contributed by atoms with Crippen LogP contribution >= 0.6 is 0 Å². The molecule has 1 unspecified atom stereocenters. The molecular formula is C9H13FN2O. The van der Waals surface area contributed by atoms with Crippen molar-refractivity contribution in [1.82, 2.24) is 4.98 Å². The lowest BCUT2D eigenvalue weighted by Crippen LogP contribution is -2.39. The Hall–Kier alpha value is -1.00. The van der Waals surface area contributed by atoms with Gasteiger partial charge >= 0.3 is 0 Å². The summed E-state index contributed by atoms with van der Waals surface area (Å²) in [7, 11) is 0. The maximum atomic E-state index is 13.1. The van der Waals surface area contributed by atoms with Crippen molar-refractivity contribution < 1.29 is 9.50 Å². The number of aromatic nitrogens is 1. The van der Waals surface area contributed by atoms with Crippen molar-refractivity contribution in [2.45, 2.75) is 25.5 Å². The molecule has 3 nitrogen and oxygen atoms in total. The zero-order chi connectivity index (χ0) is 10.1. The van der Waals surface area contributed by atoms with E-state index in [-0.39, 0.29) is 5.56 Å². The van der Waals surface area contributed by atoms with Gasteiger partial charge in [-0.1, -0.05) is 0 Å². The summed E-state index contributed by atoms with van der Waals surface area (Å²) in [5.41, 5.74) is 4.97. The van der Waals surface area contributed by atoms with Crippen molar-refractivity contribution >= 4 is 0 Å². The first-order valence-electron chi connectivity index (χ1n) is 3.99. The summed E-state index contributed by atoms with van der Waals surface area (Å²) >= 11 is 0. The zero-order valence-electron chi connectivity index (χ0n) is 7.66. The maximum absolute atomic E-state index is 13.1. The summed E-state index contributed by atoms with van der Waals surface area (Å²) in [5.74, 6) is -0.534. The fourth-order valence-electron chi connectivity index (χ4n) is 1.01. The first-order chi connectivity index (χ1) is 5.93. The van der Waals surface area contributed by atoms with E-state index in [0.717, 1.165) is 6.20 Å². The molecule has 0 radical (unpaired) electrons. The number of nitrogens with two attached hydrogens (primary N) is 1. The standard InChI is InChI=1S/C9H13FN2O/c1-9(2,11)8(13)6-3-4-12-5-7(6)10/h3-5,8,13H,11H2,1-2H3. The lowest BCUT2D eigenvalue weighted by atomic mass is 9.93. The average Bonchev–Trinajstić information content (AvgIpc) is 2.02. The van der Waals surface area contributed by atoms with Crippen molar-refractivity contribution in [2.75, 3.05) is 0 Å². The van der Waals surface area contributed by atoms with Crippen LogP contribution in [0.2, 0.25) is 0 Å². The van der Waals surface area contributed by atoms with Crippen LogP contribution in [0.4, 0.5) is 4.39 Å². The SMILES string of the molecule is CC(C)(N)C(O)c1ccncc1F. The lowest BCUT2D eigenvalue weighted by molar-refractivity contribution is 0.101. The van der Waals surface area contributed by atoms with E-state index in [1.54, 1.807) is 13.8 Å². The Morgan fingerprint density at radius 3 is 2.69 bits per heavy atom. The number of nitrogens with zero attached hydrogens (tertiary/aromatic N) is 1. The summed E-state index contributed by atoms with van der Waals surface area (Å²) in [6.07, 6.45) is 1.47. The van der Waals surface area contributed by atoms with Crippen LogP contribution in [0.15, 0.2) is 18.5 Å². The minimum absolute atomic E-state index is 0.183. The van der Waals surface area contributed by atoms with Gasteiger partial charge in [-0.25, -0.2) is 4.39 Å². The lowest BCUT2D eigenvalue weighted by Gasteiger charge is -2.26. The van der Waals surface area contributed by atoms with E-state index in [1.165, 1.54) is 12.3 Å². The number of aliphatic hydroxyl groups excluding tert-OH is 1. The Bertz CT molecular complexity index is 296. The summed E-state index contributed by atoms with van der Waals surface area (Å²) < 4.78 is 13.1. The highest BCUT2D eigenvalue weighted by Gasteiger charge is 2.26. The number of aliphatic hydroxyl groups is 1. The Balaban J connectivity index is 3.02. The van der Waals surface area contributed by atoms with Crippen molar-refractivity contribution in [3.05, 3.63) is 29.8 Å². The average molecular weight is 184 g/mol. The van der Waals surface area contributed by atoms with Gasteiger partial charge < -0.3 is 10.8 Å². The smallest absolute Gasteiger partial charge is 0.147 e. The Morgan fingerprint density at radius 1 is 1.62 bits per heavy atom. The monoisotopic (exact) mass is 184 g/mol. The third-order valence-electron chi connectivity index (χ3n) is 1.80. The van der Waals surface area contributed by atoms with Crippen LogP contribution in [0.3, 0.4) is 0 Å². The molecule has 13 heavy (non-hydrogen) atoms. The molecule has 1 rings (SSSR count). The topological polar surface area (TPSA) is 59.1 Å². The van der Waals surface area contributed by atoms with E-state index < -0.39 is 17.5 Å². The Morgan fingerprint density at radius 2 is 2.23 bits per heavy atom. The Kier molecular flexibility index (Phi) is 2.63. The van der Waals surface area contributed by atoms with E-state index in [1.807, 2.05) is 0 Å². The van der Waals surface area contributed by atoms with Gasteiger partial charge in [0.25, 0.3) is 0 Å². The van der Waals surface area contributed by atoms with Crippen molar-refractivity contribution in [3.8, 4) is 0 Å². The van der Waals surface area contributed by atoms with Crippen molar-refractivity contribution in [2.24, 2.45) is 5.73 Å². The second-order valence-electron chi connectivity index (χ2n) is 3.62. The first-order valence-corrected chi connectivity index (χ1v) is 3.99. The highest BCUT2D eigenvalue weighted by molar-refractivity contribution is 5.18. The predicted molar refractivity (Wildman–Crippen MR) is 47.4 cm³/mol. The van der Waals surface area contributed by atoms with Crippen LogP contribution in [-0.2, 0) is 0 Å². The fourth-order valence-corrected chi connectivity index (χ4v) is 1.01. The molecule has 1 atom stereocenters. The summed E-state index contributed by atoms with van der Waals surface area (Å²) in [4.78, 5) is 3.58.